The van der Waals surface area contributed by atoms with Crippen LogP contribution >= 0.6 is 11.6 Å². The molecule has 76 valence electrons. The van der Waals surface area contributed by atoms with E-state index in [0.717, 1.165) is 5.56 Å². The van der Waals surface area contributed by atoms with Crippen molar-refractivity contribution >= 4 is 23.4 Å². The van der Waals surface area contributed by atoms with Gasteiger partial charge >= 0.3 is 6.09 Å². The molecule has 0 bridgehead atoms. The smallest absolute Gasteiger partial charge is 0.411 e. The third kappa shape index (κ3) is 2.92. The zero-order valence-electron chi connectivity index (χ0n) is 8.13. The molecule has 0 aliphatic rings. The number of aryl methyl sites for hydroxylation is 1. The van der Waals surface area contributed by atoms with E-state index in [1.165, 1.54) is 0 Å². The number of nitrogens with one attached hydrogen (secondary N) is 1. The Labute approximate surface area is 88.0 Å². The molecule has 1 rings (SSSR count). The molecule has 0 aliphatic carbocycles. The Kier molecular flexibility index (Phi) is 3.77. The highest BCUT2D eigenvalue weighted by molar-refractivity contribution is 6.31. The van der Waals surface area contributed by atoms with Crippen molar-refractivity contribution in [3.05, 3.63) is 28.8 Å². The number of hydrogen-bond acceptors (Lipinski definition) is 2. The van der Waals surface area contributed by atoms with E-state index < -0.39 is 6.09 Å². The van der Waals surface area contributed by atoms with Gasteiger partial charge in [0.15, 0.2) is 0 Å². The summed E-state index contributed by atoms with van der Waals surface area (Å²) in [4.78, 5) is 11.0. The molecule has 3 nitrogen and oxygen atoms in total. The molecule has 0 heterocycles. The van der Waals surface area contributed by atoms with Crippen molar-refractivity contribution in [3.8, 4) is 0 Å². The molecule has 1 amide bonds. The summed E-state index contributed by atoms with van der Waals surface area (Å²) in [6.07, 6.45) is -0.465. The minimum Gasteiger partial charge on any atom is -0.450 e. The largest absolute Gasteiger partial charge is 0.450 e. The Bertz CT molecular complexity index is 339. The number of rotatable bonds is 2. The van der Waals surface area contributed by atoms with Crippen LogP contribution in [0, 0.1) is 6.92 Å². The Morgan fingerprint density at radius 3 is 2.86 bits per heavy atom. The molecular formula is C10H12ClNO2. The number of carbonyl (C=O) groups is 1. The molecule has 1 N–H and O–H groups in total. The highest BCUT2D eigenvalue weighted by atomic mass is 35.5. The first-order valence-corrected chi connectivity index (χ1v) is 4.71. The van der Waals surface area contributed by atoms with Crippen LogP contribution in [0.5, 0.6) is 0 Å². The minimum atomic E-state index is -0.465. The number of anilines is 1. The van der Waals surface area contributed by atoms with Crippen LogP contribution in [0.4, 0.5) is 10.5 Å². The second-order valence-corrected chi connectivity index (χ2v) is 3.22. The average Bonchev–Trinajstić information content (AvgIpc) is 2.12. The molecule has 4 heteroatoms. The van der Waals surface area contributed by atoms with Gasteiger partial charge in [-0.25, -0.2) is 4.79 Å². The molecule has 0 saturated heterocycles. The summed E-state index contributed by atoms with van der Waals surface area (Å²) in [5, 5.41) is 3.19. The molecule has 0 unspecified atom stereocenters. The van der Waals surface area contributed by atoms with Crippen molar-refractivity contribution in [1.82, 2.24) is 0 Å². The molecule has 0 radical (unpaired) electrons. The summed E-state index contributed by atoms with van der Waals surface area (Å²) in [5.41, 5.74) is 1.61. The van der Waals surface area contributed by atoms with Crippen molar-refractivity contribution in [2.45, 2.75) is 13.8 Å². The fraction of sp³-hybridized carbons (Fsp3) is 0.300. The number of amides is 1. The molecule has 0 aromatic heterocycles. The van der Waals surface area contributed by atoms with Crippen LogP contribution in [-0.2, 0) is 4.74 Å². The van der Waals surface area contributed by atoms with E-state index in [1.54, 1.807) is 19.1 Å². The Morgan fingerprint density at radius 1 is 1.57 bits per heavy atom. The van der Waals surface area contributed by atoms with Crippen LogP contribution in [0.3, 0.4) is 0 Å². The quantitative estimate of drug-likeness (QED) is 0.819. The average molecular weight is 214 g/mol. The summed E-state index contributed by atoms with van der Waals surface area (Å²) < 4.78 is 4.72. The third-order valence-corrected chi connectivity index (χ3v) is 2.10. The summed E-state index contributed by atoms with van der Waals surface area (Å²) in [6, 6.07) is 5.30. The molecule has 0 fully saturated rings. The number of ether oxygens (including phenoxy) is 1. The number of halogens is 1. The lowest BCUT2D eigenvalue weighted by Crippen LogP contribution is -2.13. The zero-order valence-corrected chi connectivity index (χ0v) is 8.89. The third-order valence-electron chi connectivity index (χ3n) is 1.69. The van der Waals surface area contributed by atoms with Gasteiger partial charge in [-0.05, 0) is 31.5 Å². The van der Waals surface area contributed by atoms with Crippen molar-refractivity contribution in [2.75, 3.05) is 11.9 Å². The van der Waals surface area contributed by atoms with Crippen molar-refractivity contribution in [2.24, 2.45) is 0 Å². The topological polar surface area (TPSA) is 38.3 Å². The van der Waals surface area contributed by atoms with E-state index in [0.29, 0.717) is 17.3 Å². The Balaban J connectivity index is 2.68. The Hall–Kier alpha value is -1.22. The summed E-state index contributed by atoms with van der Waals surface area (Å²) in [5.74, 6) is 0. The van der Waals surface area contributed by atoms with E-state index in [4.69, 9.17) is 16.3 Å². The summed E-state index contributed by atoms with van der Waals surface area (Å²) >= 11 is 5.88. The SMILES string of the molecule is CCOC(=O)Nc1ccc(C)c(Cl)c1. The van der Waals surface area contributed by atoms with E-state index in [-0.39, 0.29) is 0 Å². The number of carbonyl (C=O) groups excluding carboxylic acids is 1. The van der Waals surface area contributed by atoms with Crippen LogP contribution in [0.25, 0.3) is 0 Å². The van der Waals surface area contributed by atoms with E-state index in [2.05, 4.69) is 5.32 Å². The second-order valence-electron chi connectivity index (χ2n) is 2.81. The number of benzene rings is 1. The standard InChI is InChI=1S/C10H12ClNO2/c1-3-14-10(13)12-8-5-4-7(2)9(11)6-8/h4-6H,3H2,1-2H3,(H,12,13). The van der Waals surface area contributed by atoms with Crippen LogP contribution in [-0.4, -0.2) is 12.7 Å². The molecule has 0 spiro atoms. The van der Waals surface area contributed by atoms with Crippen molar-refractivity contribution in [1.29, 1.82) is 0 Å². The molecule has 1 aromatic rings. The van der Waals surface area contributed by atoms with Gasteiger partial charge in [0.1, 0.15) is 0 Å². The van der Waals surface area contributed by atoms with Crippen LogP contribution < -0.4 is 5.32 Å². The van der Waals surface area contributed by atoms with Crippen LogP contribution in [0.1, 0.15) is 12.5 Å². The van der Waals surface area contributed by atoms with Gasteiger partial charge < -0.3 is 4.74 Å². The van der Waals surface area contributed by atoms with Crippen molar-refractivity contribution < 1.29 is 9.53 Å². The molecule has 0 atom stereocenters. The molecule has 0 aliphatic heterocycles. The lowest BCUT2D eigenvalue weighted by molar-refractivity contribution is 0.168. The molecular weight excluding hydrogens is 202 g/mol. The van der Waals surface area contributed by atoms with E-state index in [1.807, 2.05) is 13.0 Å². The first-order valence-electron chi connectivity index (χ1n) is 4.33. The van der Waals surface area contributed by atoms with Gasteiger partial charge in [-0.3, -0.25) is 5.32 Å². The van der Waals surface area contributed by atoms with E-state index in [9.17, 15) is 4.79 Å². The second kappa shape index (κ2) is 4.86. The maximum Gasteiger partial charge on any atom is 0.411 e. The zero-order chi connectivity index (χ0) is 10.6. The van der Waals surface area contributed by atoms with Gasteiger partial charge in [0.25, 0.3) is 0 Å². The predicted octanol–water partition coefficient (Wildman–Crippen LogP) is 3.22. The predicted molar refractivity (Wildman–Crippen MR) is 56.8 cm³/mol. The van der Waals surface area contributed by atoms with Gasteiger partial charge in [0.2, 0.25) is 0 Å². The highest BCUT2D eigenvalue weighted by Gasteiger charge is 2.02. The van der Waals surface area contributed by atoms with Crippen molar-refractivity contribution in [3.63, 3.8) is 0 Å². The molecule has 14 heavy (non-hydrogen) atoms. The van der Waals surface area contributed by atoms with Gasteiger partial charge in [0, 0.05) is 10.7 Å². The maximum atomic E-state index is 11.0. The van der Waals surface area contributed by atoms with Gasteiger partial charge in [-0.15, -0.1) is 0 Å². The summed E-state index contributed by atoms with van der Waals surface area (Å²) in [7, 11) is 0. The first kappa shape index (κ1) is 10.9. The van der Waals surface area contributed by atoms with Crippen LogP contribution in [0.2, 0.25) is 5.02 Å². The van der Waals surface area contributed by atoms with Crippen LogP contribution in [0.15, 0.2) is 18.2 Å². The Morgan fingerprint density at radius 2 is 2.29 bits per heavy atom. The molecule has 1 aromatic carbocycles. The van der Waals surface area contributed by atoms with Gasteiger partial charge in [-0.1, -0.05) is 17.7 Å². The minimum absolute atomic E-state index is 0.353. The lowest BCUT2D eigenvalue weighted by atomic mass is 10.2. The van der Waals surface area contributed by atoms with E-state index >= 15 is 0 Å². The molecule has 0 saturated carbocycles. The number of hydrogen-bond donors (Lipinski definition) is 1. The maximum absolute atomic E-state index is 11.0. The lowest BCUT2D eigenvalue weighted by Gasteiger charge is -2.06. The van der Waals surface area contributed by atoms with Gasteiger partial charge in [-0.2, -0.15) is 0 Å². The monoisotopic (exact) mass is 213 g/mol. The highest BCUT2D eigenvalue weighted by Crippen LogP contribution is 2.19. The fourth-order valence-electron chi connectivity index (χ4n) is 0.956. The normalized spacial score (nSPS) is 9.64. The summed E-state index contributed by atoms with van der Waals surface area (Å²) in [6.45, 7) is 4.00. The van der Waals surface area contributed by atoms with Gasteiger partial charge in [0.05, 0.1) is 6.61 Å². The first-order chi connectivity index (χ1) is 6.63. The fourth-order valence-corrected chi connectivity index (χ4v) is 1.14.